The first kappa shape index (κ1) is 23.0. The second-order valence-corrected chi connectivity index (χ2v) is 9.28. The summed E-state index contributed by atoms with van der Waals surface area (Å²) in [6.07, 6.45) is 4.94. The summed E-state index contributed by atoms with van der Waals surface area (Å²) in [6.45, 7) is 0.593. The molecule has 0 aliphatic carbocycles. The molecule has 1 aromatic carbocycles. The minimum atomic E-state index is -3.55. The Morgan fingerprint density at radius 1 is 1.23 bits per heavy atom. The third-order valence-electron chi connectivity index (χ3n) is 4.27. The van der Waals surface area contributed by atoms with Crippen LogP contribution in [0.3, 0.4) is 0 Å². The molecule has 0 atom stereocenters. The van der Waals surface area contributed by atoms with Crippen LogP contribution in [0, 0.1) is 0 Å². The topological polar surface area (TPSA) is 142 Å². The number of hydrogen-bond acceptors (Lipinski definition) is 8. The van der Waals surface area contributed by atoms with Crippen LogP contribution in [0.25, 0.3) is 11.2 Å². The molecule has 0 saturated heterocycles. The first-order chi connectivity index (χ1) is 14.7. The molecule has 0 saturated carbocycles. The zero-order valence-electron chi connectivity index (χ0n) is 16.5. The van der Waals surface area contributed by atoms with Gasteiger partial charge >= 0.3 is 0 Å². The van der Waals surface area contributed by atoms with E-state index in [9.17, 15) is 13.2 Å². The maximum Gasteiger partial charge on any atom is 0.233 e. The van der Waals surface area contributed by atoms with Gasteiger partial charge in [0.25, 0.3) is 0 Å². The maximum atomic E-state index is 11.5. The molecule has 0 radical (unpaired) electrons. The van der Waals surface area contributed by atoms with Crippen molar-refractivity contribution in [2.45, 2.75) is 25.8 Å². The van der Waals surface area contributed by atoms with Gasteiger partial charge in [-0.15, -0.1) is 0 Å². The number of hydrogen-bond donors (Lipinski definition) is 2. The number of sulfonamides is 1. The molecule has 1 amide bonds. The molecule has 3 rings (SSSR count). The van der Waals surface area contributed by atoms with E-state index < -0.39 is 15.9 Å². The normalized spacial score (nSPS) is 11.6. The number of carbonyl (C=O) groups excluding carboxylic acids is 1. The van der Waals surface area contributed by atoms with E-state index >= 15 is 0 Å². The fourth-order valence-corrected chi connectivity index (χ4v) is 3.78. The zero-order valence-corrected chi connectivity index (χ0v) is 18.8. The fraction of sp³-hybridized carbons (Fsp3) is 0.333. The van der Waals surface area contributed by atoms with Gasteiger partial charge in [0.05, 0.1) is 35.8 Å². The van der Waals surface area contributed by atoms with Crippen molar-refractivity contribution in [1.29, 1.82) is 0 Å². The van der Waals surface area contributed by atoms with Gasteiger partial charge in [0.2, 0.25) is 15.9 Å². The van der Waals surface area contributed by atoms with Gasteiger partial charge in [-0.1, -0.05) is 23.2 Å². The molecule has 0 aliphatic heterocycles. The van der Waals surface area contributed by atoms with Crippen molar-refractivity contribution < 1.29 is 17.9 Å². The van der Waals surface area contributed by atoms with Crippen LogP contribution in [0.15, 0.2) is 24.8 Å². The first-order valence-corrected chi connectivity index (χ1v) is 11.8. The Bertz CT molecular complexity index is 1220. The Morgan fingerprint density at radius 3 is 2.74 bits per heavy atom. The molecule has 2 aromatic heterocycles. The molecular formula is C18H20Cl2N6O4S. The first-order valence-electron chi connectivity index (χ1n) is 9.17. The number of carbonyl (C=O) groups is 1. The number of unbranched alkanes of at least 4 members (excludes halogenated alkanes) is 1. The van der Waals surface area contributed by atoms with Crippen LogP contribution in [0.1, 0.15) is 24.8 Å². The SMILES string of the molecule is CS(=O)(=O)NC(=O)CCCCOc1ccc(Cl)c(Cl)c1Cn1cnc2c(N)ncnc21. The smallest absolute Gasteiger partial charge is 0.233 e. The highest BCUT2D eigenvalue weighted by Crippen LogP contribution is 2.34. The predicted octanol–water partition coefficient (Wildman–Crippen LogP) is 2.39. The van der Waals surface area contributed by atoms with Crippen molar-refractivity contribution in [1.82, 2.24) is 24.2 Å². The zero-order chi connectivity index (χ0) is 22.6. The van der Waals surface area contributed by atoms with Gasteiger partial charge in [0.15, 0.2) is 11.5 Å². The number of anilines is 1. The predicted molar refractivity (Wildman–Crippen MR) is 118 cm³/mol. The molecule has 31 heavy (non-hydrogen) atoms. The van der Waals surface area contributed by atoms with Crippen molar-refractivity contribution in [3.63, 3.8) is 0 Å². The molecule has 3 N–H and O–H groups in total. The van der Waals surface area contributed by atoms with Gasteiger partial charge in [0.1, 0.15) is 17.6 Å². The fourth-order valence-electron chi connectivity index (χ4n) is 2.87. The van der Waals surface area contributed by atoms with Gasteiger partial charge in [-0.25, -0.2) is 23.4 Å². The average Bonchev–Trinajstić information content (AvgIpc) is 3.09. The second-order valence-electron chi connectivity index (χ2n) is 6.74. The van der Waals surface area contributed by atoms with Crippen molar-refractivity contribution in [2.75, 3.05) is 18.6 Å². The number of aromatic nitrogens is 4. The molecule has 166 valence electrons. The Labute approximate surface area is 188 Å². The maximum absolute atomic E-state index is 11.5. The molecule has 13 heteroatoms. The number of rotatable bonds is 9. The lowest BCUT2D eigenvalue weighted by atomic mass is 10.2. The Kier molecular flexibility index (Phi) is 7.19. The monoisotopic (exact) mass is 486 g/mol. The van der Waals surface area contributed by atoms with Gasteiger partial charge in [-0.05, 0) is 25.0 Å². The van der Waals surface area contributed by atoms with Gasteiger partial charge in [-0.2, -0.15) is 0 Å². The van der Waals surface area contributed by atoms with Crippen LogP contribution in [0.4, 0.5) is 5.82 Å². The molecule has 3 aromatic rings. The lowest BCUT2D eigenvalue weighted by Gasteiger charge is -2.15. The summed E-state index contributed by atoms with van der Waals surface area (Å²) in [6, 6.07) is 3.34. The average molecular weight is 487 g/mol. The van der Waals surface area contributed by atoms with E-state index in [4.69, 9.17) is 33.7 Å². The number of nitrogen functional groups attached to an aromatic ring is 1. The van der Waals surface area contributed by atoms with E-state index in [0.29, 0.717) is 58.5 Å². The number of halogens is 2. The lowest BCUT2D eigenvalue weighted by molar-refractivity contribution is -0.119. The highest BCUT2D eigenvalue weighted by Gasteiger charge is 2.16. The number of nitrogens with two attached hydrogens (primary N) is 1. The molecule has 0 fully saturated rings. The second kappa shape index (κ2) is 9.67. The van der Waals surface area contributed by atoms with Crippen LogP contribution in [-0.4, -0.2) is 46.7 Å². The minimum absolute atomic E-state index is 0.0762. The Morgan fingerprint density at radius 2 is 2.00 bits per heavy atom. The van der Waals surface area contributed by atoms with E-state index in [1.807, 2.05) is 4.72 Å². The number of benzene rings is 1. The Hall–Kier alpha value is -2.63. The van der Waals surface area contributed by atoms with Crippen molar-refractivity contribution in [3.8, 4) is 5.75 Å². The van der Waals surface area contributed by atoms with Crippen molar-refractivity contribution >= 4 is 56.1 Å². The van der Waals surface area contributed by atoms with Crippen LogP contribution in [-0.2, 0) is 21.4 Å². The van der Waals surface area contributed by atoms with E-state index in [-0.39, 0.29) is 12.2 Å². The van der Waals surface area contributed by atoms with Crippen LogP contribution in [0.2, 0.25) is 10.0 Å². The van der Waals surface area contributed by atoms with Crippen LogP contribution < -0.4 is 15.2 Å². The number of fused-ring (bicyclic) bond motifs is 1. The highest BCUT2D eigenvalue weighted by molar-refractivity contribution is 7.89. The van der Waals surface area contributed by atoms with E-state index in [1.54, 1.807) is 23.0 Å². The number of amides is 1. The highest BCUT2D eigenvalue weighted by atomic mass is 35.5. The summed E-state index contributed by atoms with van der Waals surface area (Å²) in [4.78, 5) is 23.9. The molecular weight excluding hydrogens is 467 g/mol. The van der Waals surface area contributed by atoms with E-state index in [1.165, 1.54) is 6.33 Å². The number of ether oxygens (including phenoxy) is 1. The van der Waals surface area contributed by atoms with Gasteiger partial charge < -0.3 is 15.0 Å². The third kappa shape index (κ3) is 5.96. The lowest BCUT2D eigenvalue weighted by Crippen LogP contribution is -2.29. The summed E-state index contributed by atoms with van der Waals surface area (Å²) in [5.41, 5.74) is 7.50. The number of imidazole rings is 1. The molecule has 0 spiro atoms. The van der Waals surface area contributed by atoms with Crippen LogP contribution in [0.5, 0.6) is 5.75 Å². The summed E-state index contributed by atoms with van der Waals surface area (Å²) >= 11 is 12.6. The van der Waals surface area contributed by atoms with E-state index in [2.05, 4.69) is 15.0 Å². The van der Waals surface area contributed by atoms with Crippen LogP contribution >= 0.6 is 23.2 Å². The molecule has 0 unspecified atom stereocenters. The summed E-state index contributed by atoms with van der Waals surface area (Å²) in [7, 11) is -3.55. The standard InChI is InChI=1S/C18H20Cl2N6O4S/c1-31(28,29)25-14(27)4-2-3-7-30-13-6-5-12(19)15(20)11(13)8-26-10-24-16-17(21)22-9-23-18(16)26/h5-6,9-10H,2-4,7-8H2,1H3,(H,25,27)(H2,21,22,23). The van der Waals surface area contributed by atoms with Gasteiger partial charge in [-0.3, -0.25) is 9.52 Å². The van der Waals surface area contributed by atoms with Gasteiger partial charge in [0, 0.05) is 12.0 Å². The largest absolute Gasteiger partial charge is 0.493 e. The quantitative estimate of drug-likeness (QED) is 0.438. The Balaban J connectivity index is 1.67. The summed E-state index contributed by atoms with van der Waals surface area (Å²) in [5, 5.41) is 0.718. The van der Waals surface area contributed by atoms with Crippen molar-refractivity contribution in [3.05, 3.63) is 40.4 Å². The molecule has 2 heterocycles. The number of nitrogens with zero attached hydrogens (tertiary/aromatic N) is 4. The number of nitrogens with one attached hydrogen (secondary N) is 1. The summed E-state index contributed by atoms with van der Waals surface area (Å²) in [5.74, 6) is 0.252. The van der Waals surface area contributed by atoms with E-state index in [0.717, 1.165) is 6.26 Å². The summed E-state index contributed by atoms with van der Waals surface area (Å²) < 4.78 is 31.6. The molecule has 0 bridgehead atoms. The molecule has 10 nitrogen and oxygen atoms in total. The minimum Gasteiger partial charge on any atom is -0.493 e. The van der Waals surface area contributed by atoms with Crippen molar-refractivity contribution in [2.24, 2.45) is 0 Å². The molecule has 0 aliphatic rings. The third-order valence-corrected chi connectivity index (χ3v) is 5.71.